The van der Waals surface area contributed by atoms with Crippen LogP contribution >= 0.6 is 11.8 Å². The summed E-state index contributed by atoms with van der Waals surface area (Å²) in [6.45, 7) is 0.0514. The number of hydrogen-bond donors (Lipinski definition) is 2. The molecule has 3 aromatic rings. The molecule has 180 valence electrons. The zero-order chi connectivity index (χ0) is 24.5. The van der Waals surface area contributed by atoms with Gasteiger partial charge in [0.2, 0.25) is 11.8 Å². The van der Waals surface area contributed by atoms with Crippen LogP contribution in [0.5, 0.6) is 11.5 Å². The molecular formula is C23H27N5O5S. The molecule has 11 heteroatoms. The summed E-state index contributed by atoms with van der Waals surface area (Å²) in [6.07, 6.45) is 6.98. The monoisotopic (exact) mass is 485 g/mol. The predicted octanol–water partition coefficient (Wildman–Crippen LogP) is 1.36. The smallest absolute Gasteiger partial charge is 0.261 e. The number of carbonyl (C=O) groups excluding carboxylic acids is 2. The van der Waals surface area contributed by atoms with Gasteiger partial charge in [-0.3, -0.25) is 23.9 Å². The average Bonchev–Trinajstić information content (AvgIpc) is 2.86. The second-order valence-corrected chi connectivity index (χ2v) is 8.36. The number of ether oxygens (including phenoxy) is 2. The molecular weight excluding hydrogens is 458 g/mol. The van der Waals surface area contributed by atoms with Crippen LogP contribution in [0.2, 0.25) is 0 Å². The van der Waals surface area contributed by atoms with Crippen molar-refractivity contribution in [1.82, 2.24) is 25.2 Å². The van der Waals surface area contributed by atoms with Crippen LogP contribution in [0.15, 0.2) is 47.8 Å². The maximum Gasteiger partial charge on any atom is 0.261 e. The largest absolute Gasteiger partial charge is 0.493 e. The minimum absolute atomic E-state index is 0.274. The van der Waals surface area contributed by atoms with Crippen molar-refractivity contribution in [3.8, 4) is 11.5 Å². The number of amides is 2. The lowest BCUT2D eigenvalue weighted by Crippen LogP contribution is -2.48. The summed E-state index contributed by atoms with van der Waals surface area (Å²) in [7, 11) is 2.97. The van der Waals surface area contributed by atoms with E-state index in [1.165, 1.54) is 31.2 Å². The van der Waals surface area contributed by atoms with E-state index in [2.05, 4.69) is 20.6 Å². The van der Waals surface area contributed by atoms with Gasteiger partial charge >= 0.3 is 0 Å². The van der Waals surface area contributed by atoms with E-state index in [-0.39, 0.29) is 12.5 Å². The zero-order valence-corrected chi connectivity index (χ0v) is 20.1. The Morgan fingerprint density at radius 3 is 2.53 bits per heavy atom. The molecule has 34 heavy (non-hydrogen) atoms. The van der Waals surface area contributed by atoms with Crippen LogP contribution < -0.4 is 25.7 Å². The van der Waals surface area contributed by atoms with Gasteiger partial charge in [-0.2, -0.15) is 11.8 Å². The van der Waals surface area contributed by atoms with Crippen LogP contribution in [-0.4, -0.2) is 58.6 Å². The van der Waals surface area contributed by atoms with Crippen LogP contribution in [0.3, 0.4) is 0 Å². The molecule has 0 saturated carbocycles. The summed E-state index contributed by atoms with van der Waals surface area (Å²) in [5.41, 5.74) is 0.927. The number of pyridine rings is 1. The van der Waals surface area contributed by atoms with Gasteiger partial charge in [-0.15, -0.1) is 0 Å². The molecule has 0 fully saturated rings. The molecule has 2 heterocycles. The number of fused-ring (bicyclic) bond motifs is 1. The number of carbonyl (C=O) groups is 2. The van der Waals surface area contributed by atoms with Crippen LogP contribution in [0, 0.1) is 0 Å². The third kappa shape index (κ3) is 6.25. The van der Waals surface area contributed by atoms with E-state index in [4.69, 9.17) is 9.47 Å². The van der Waals surface area contributed by atoms with Gasteiger partial charge in [0, 0.05) is 25.0 Å². The van der Waals surface area contributed by atoms with Gasteiger partial charge < -0.3 is 20.1 Å². The Morgan fingerprint density at radius 2 is 1.85 bits per heavy atom. The van der Waals surface area contributed by atoms with E-state index < -0.39 is 17.5 Å². The first-order valence-electron chi connectivity index (χ1n) is 10.5. The number of rotatable bonds is 11. The Bertz CT molecular complexity index is 1200. The Hall–Kier alpha value is -3.60. The SMILES string of the molecule is COc1cc2ncn(CC(=O)N[C@@H](CCSC)C(=O)NCc3ccncc3)c(=O)c2cc1OC. The summed E-state index contributed by atoms with van der Waals surface area (Å²) < 4.78 is 11.7. The highest BCUT2D eigenvalue weighted by atomic mass is 32.2. The highest BCUT2D eigenvalue weighted by Crippen LogP contribution is 2.29. The number of thioether (sulfide) groups is 1. The molecule has 0 aliphatic rings. The maximum absolute atomic E-state index is 12.9. The molecule has 3 rings (SSSR count). The molecule has 2 N–H and O–H groups in total. The number of hydrogen-bond acceptors (Lipinski definition) is 8. The standard InChI is InChI=1S/C23H27N5O5S/c1-32-19-10-16-18(11-20(19)33-2)26-14-28(23(16)31)13-21(29)27-17(6-9-34-3)22(30)25-12-15-4-7-24-8-5-15/h4-5,7-8,10-11,14,17H,6,9,12-13H2,1-3H3,(H,25,30)(H,27,29)/t17-/m0/s1. The van der Waals surface area contributed by atoms with E-state index in [0.717, 1.165) is 5.56 Å². The van der Waals surface area contributed by atoms with E-state index in [9.17, 15) is 14.4 Å². The topological polar surface area (TPSA) is 124 Å². The van der Waals surface area contributed by atoms with E-state index in [1.807, 2.05) is 6.26 Å². The normalized spacial score (nSPS) is 11.6. The molecule has 0 saturated heterocycles. The van der Waals surface area contributed by atoms with Gasteiger partial charge in [0.1, 0.15) is 12.6 Å². The van der Waals surface area contributed by atoms with Crippen LogP contribution in [0.4, 0.5) is 0 Å². The van der Waals surface area contributed by atoms with Crippen molar-refractivity contribution in [2.75, 3.05) is 26.2 Å². The van der Waals surface area contributed by atoms with Crippen molar-refractivity contribution in [3.63, 3.8) is 0 Å². The van der Waals surface area contributed by atoms with Gasteiger partial charge in [0.15, 0.2) is 11.5 Å². The third-order valence-corrected chi connectivity index (χ3v) is 5.77. The summed E-state index contributed by atoms with van der Waals surface area (Å²) >= 11 is 1.58. The Morgan fingerprint density at radius 1 is 1.15 bits per heavy atom. The molecule has 0 bridgehead atoms. The fourth-order valence-corrected chi connectivity index (χ4v) is 3.78. The van der Waals surface area contributed by atoms with Gasteiger partial charge in [-0.25, -0.2) is 4.98 Å². The van der Waals surface area contributed by atoms with Crippen LogP contribution in [0.1, 0.15) is 12.0 Å². The average molecular weight is 486 g/mol. The molecule has 0 unspecified atom stereocenters. The minimum Gasteiger partial charge on any atom is -0.493 e. The molecule has 1 atom stereocenters. The van der Waals surface area contributed by atoms with Gasteiger partial charge in [0.25, 0.3) is 5.56 Å². The molecule has 0 aliphatic carbocycles. The second kappa shape index (κ2) is 12.0. The molecule has 10 nitrogen and oxygen atoms in total. The lowest BCUT2D eigenvalue weighted by Gasteiger charge is -2.18. The first-order valence-corrected chi connectivity index (χ1v) is 11.9. The molecule has 0 spiro atoms. The van der Waals surface area contributed by atoms with Gasteiger partial charge in [-0.1, -0.05) is 0 Å². The number of nitrogens with zero attached hydrogens (tertiary/aromatic N) is 3. The molecule has 1 aromatic carbocycles. The summed E-state index contributed by atoms with van der Waals surface area (Å²) in [4.78, 5) is 46.6. The van der Waals surface area contributed by atoms with Gasteiger partial charge in [0.05, 0.1) is 31.4 Å². The van der Waals surface area contributed by atoms with Crippen LogP contribution in [-0.2, 0) is 22.7 Å². The van der Waals surface area contributed by atoms with E-state index in [0.29, 0.717) is 41.1 Å². The maximum atomic E-state index is 12.9. The first kappa shape index (κ1) is 25.0. The van der Waals surface area contributed by atoms with Gasteiger partial charge in [-0.05, 0) is 42.2 Å². The molecule has 0 radical (unpaired) electrons. The number of aromatic nitrogens is 3. The Balaban J connectivity index is 1.72. The van der Waals surface area contributed by atoms with Crippen molar-refractivity contribution < 1.29 is 19.1 Å². The lowest BCUT2D eigenvalue weighted by molar-refractivity contribution is -0.129. The summed E-state index contributed by atoms with van der Waals surface area (Å²) in [5, 5.41) is 5.88. The van der Waals surface area contributed by atoms with Crippen molar-refractivity contribution in [1.29, 1.82) is 0 Å². The molecule has 0 aliphatic heterocycles. The van der Waals surface area contributed by atoms with Crippen molar-refractivity contribution in [3.05, 3.63) is 58.9 Å². The quantitative estimate of drug-likeness (QED) is 0.417. The fourth-order valence-electron chi connectivity index (χ4n) is 3.31. The van der Waals surface area contributed by atoms with Crippen molar-refractivity contribution in [2.24, 2.45) is 0 Å². The Labute approximate surface area is 201 Å². The second-order valence-electron chi connectivity index (χ2n) is 7.38. The molecule has 2 aromatic heterocycles. The number of nitrogens with one attached hydrogen (secondary N) is 2. The summed E-state index contributed by atoms with van der Waals surface area (Å²) in [5.74, 6) is 0.770. The summed E-state index contributed by atoms with van der Waals surface area (Å²) in [6, 6.07) is 6.02. The Kier molecular flexibility index (Phi) is 8.86. The predicted molar refractivity (Wildman–Crippen MR) is 130 cm³/mol. The number of methoxy groups -OCH3 is 2. The number of benzene rings is 1. The van der Waals surface area contributed by atoms with E-state index in [1.54, 1.807) is 42.4 Å². The van der Waals surface area contributed by atoms with Crippen molar-refractivity contribution >= 4 is 34.5 Å². The lowest BCUT2D eigenvalue weighted by atomic mass is 10.2. The third-order valence-electron chi connectivity index (χ3n) is 5.12. The fraction of sp³-hybridized carbons (Fsp3) is 0.348. The van der Waals surface area contributed by atoms with Crippen molar-refractivity contribution in [2.45, 2.75) is 25.6 Å². The van der Waals surface area contributed by atoms with E-state index >= 15 is 0 Å². The minimum atomic E-state index is -0.727. The molecule has 2 amide bonds. The zero-order valence-electron chi connectivity index (χ0n) is 19.2. The highest BCUT2D eigenvalue weighted by Gasteiger charge is 2.21. The van der Waals surface area contributed by atoms with Crippen LogP contribution in [0.25, 0.3) is 10.9 Å². The highest BCUT2D eigenvalue weighted by molar-refractivity contribution is 7.98. The first-order chi connectivity index (χ1) is 16.5.